The summed E-state index contributed by atoms with van der Waals surface area (Å²) in [4.78, 5) is 16.4. The van der Waals surface area contributed by atoms with Crippen LogP contribution < -0.4 is 10.5 Å². The van der Waals surface area contributed by atoms with Gasteiger partial charge in [-0.15, -0.1) is 5.10 Å². The molecule has 3 rings (SSSR count). The van der Waals surface area contributed by atoms with Crippen LogP contribution in [0.2, 0.25) is 0 Å². The fourth-order valence-electron chi connectivity index (χ4n) is 2.23. The minimum absolute atomic E-state index is 0.0651. The maximum absolute atomic E-state index is 12.1. The smallest absolute Gasteiger partial charge is 0.238 e. The van der Waals surface area contributed by atoms with Crippen molar-refractivity contribution in [1.82, 2.24) is 15.2 Å². The zero-order valence-corrected chi connectivity index (χ0v) is 16.0. The first kappa shape index (κ1) is 19.1. The number of nitrogens with two attached hydrogens (primary N) is 1. The number of sulfonamides is 1. The van der Waals surface area contributed by atoms with Crippen molar-refractivity contribution < 1.29 is 13.2 Å². The van der Waals surface area contributed by atoms with E-state index in [1.807, 2.05) is 31.2 Å². The lowest BCUT2D eigenvalue weighted by molar-refractivity contribution is -0.113. The number of thioether (sulfide) groups is 1. The molecule has 0 spiro atoms. The van der Waals surface area contributed by atoms with Crippen molar-refractivity contribution >= 4 is 33.4 Å². The first-order chi connectivity index (χ1) is 12.8. The molecule has 1 amide bonds. The fourth-order valence-corrected chi connectivity index (χ4v) is 3.39. The number of rotatable bonds is 6. The normalized spacial score (nSPS) is 11.3. The van der Waals surface area contributed by atoms with Crippen molar-refractivity contribution in [3.8, 4) is 11.4 Å². The van der Waals surface area contributed by atoms with E-state index in [4.69, 9.17) is 5.14 Å². The Hall–Kier alpha value is -2.69. The van der Waals surface area contributed by atoms with E-state index in [2.05, 4.69) is 20.5 Å². The number of aromatic amines is 1. The second kappa shape index (κ2) is 7.91. The molecule has 0 aliphatic heterocycles. The summed E-state index contributed by atoms with van der Waals surface area (Å²) in [5.41, 5.74) is 2.41. The highest BCUT2D eigenvalue weighted by Crippen LogP contribution is 2.20. The number of hydrogen-bond acceptors (Lipinski definition) is 6. The first-order valence-electron chi connectivity index (χ1n) is 7.86. The molecule has 4 N–H and O–H groups in total. The van der Waals surface area contributed by atoms with Gasteiger partial charge in [-0.25, -0.2) is 18.5 Å². The minimum atomic E-state index is -3.82. The number of carbonyl (C=O) groups is 1. The van der Waals surface area contributed by atoms with Crippen molar-refractivity contribution in [2.24, 2.45) is 5.14 Å². The van der Waals surface area contributed by atoms with Gasteiger partial charge < -0.3 is 5.32 Å². The lowest BCUT2D eigenvalue weighted by atomic mass is 10.1. The monoisotopic (exact) mass is 403 g/mol. The third-order valence-corrected chi connectivity index (χ3v) is 5.33. The van der Waals surface area contributed by atoms with Crippen molar-refractivity contribution in [1.29, 1.82) is 0 Å². The SMILES string of the molecule is Cc1ccc(-c2nc(SCC(=O)Nc3cccc(S(N)(=O)=O)c3)n[nH]2)cc1. The molecule has 0 bridgehead atoms. The number of nitrogens with zero attached hydrogens (tertiary/aromatic N) is 2. The number of hydrogen-bond donors (Lipinski definition) is 3. The average Bonchev–Trinajstić information content (AvgIpc) is 3.09. The summed E-state index contributed by atoms with van der Waals surface area (Å²) in [6, 6.07) is 13.6. The number of anilines is 1. The van der Waals surface area contributed by atoms with Crippen LogP contribution in [0.3, 0.4) is 0 Å². The molecule has 27 heavy (non-hydrogen) atoms. The van der Waals surface area contributed by atoms with Crippen LogP contribution in [-0.2, 0) is 14.8 Å². The van der Waals surface area contributed by atoms with E-state index in [0.717, 1.165) is 11.1 Å². The van der Waals surface area contributed by atoms with Crippen molar-refractivity contribution in [3.63, 3.8) is 0 Å². The number of carbonyl (C=O) groups excluding carboxylic acids is 1. The quantitative estimate of drug-likeness (QED) is 0.541. The third-order valence-electron chi connectivity index (χ3n) is 3.57. The molecule has 1 aromatic heterocycles. The average molecular weight is 403 g/mol. The molecule has 3 aromatic rings. The molecular formula is C17H17N5O3S2. The number of primary sulfonamides is 1. The van der Waals surface area contributed by atoms with Crippen LogP contribution in [0, 0.1) is 6.92 Å². The van der Waals surface area contributed by atoms with E-state index in [9.17, 15) is 13.2 Å². The van der Waals surface area contributed by atoms with Gasteiger partial charge in [0.2, 0.25) is 21.1 Å². The number of amides is 1. The summed E-state index contributed by atoms with van der Waals surface area (Å²) in [7, 11) is -3.82. The second-order valence-electron chi connectivity index (χ2n) is 5.74. The molecule has 0 saturated heterocycles. The zero-order chi connectivity index (χ0) is 19.4. The third kappa shape index (κ3) is 5.16. The highest BCUT2D eigenvalue weighted by atomic mass is 32.2. The predicted octanol–water partition coefficient (Wildman–Crippen LogP) is 2.16. The van der Waals surface area contributed by atoms with Crippen molar-refractivity contribution in [2.45, 2.75) is 17.0 Å². The van der Waals surface area contributed by atoms with E-state index in [1.165, 1.54) is 30.0 Å². The number of benzene rings is 2. The van der Waals surface area contributed by atoms with Gasteiger partial charge in [-0.2, -0.15) is 0 Å². The van der Waals surface area contributed by atoms with Crippen LogP contribution >= 0.6 is 11.8 Å². The molecule has 140 valence electrons. The van der Waals surface area contributed by atoms with E-state index in [1.54, 1.807) is 6.07 Å². The molecule has 1 heterocycles. The Labute approximate surface area is 160 Å². The van der Waals surface area contributed by atoms with Gasteiger partial charge in [-0.3, -0.25) is 9.89 Å². The number of H-pyrrole nitrogens is 1. The molecular weight excluding hydrogens is 386 g/mol. The van der Waals surface area contributed by atoms with Gasteiger partial charge in [-0.1, -0.05) is 47.7 Å². The maximum Gasteiger partial charge on any atom is 0.238 e. The summed E-state index contributed by atoms with van der Waals surface area (Å²) in [5, 5.41) is 15.1. The van der Waals surface area contributed by atoms with Gasteiger partial charge in [0.25, 0.3) is 0 Å². The fraction of sp³-hybridized carbons (Fsp3) is 0.118. The Morgan fingerprint density at radius 1 is 1.22 bits per heavy atom. The van der Waals surface area contributed by atoms with E-state index < -0.39 is 10.0 Å². The highest BCUT2D eigenvalue weighted by Gasteiger charge is 2.11. The second-order valence-corrected chi connectivity index (χ2v) is 8.25. The Bertz CT molecular complexity index is 1060. The molecule has 0 unspecified atom stereocenters. The summed E-state index contributed by atoms with van der Waals surface area (Å²) in [6.45, 7) is 2.00. The Kier molecular flexibility index (Phi) is 5.59. The van der Waals surface area contributed by atoms with Gasteiger partial charge in [0, 0.05) is 11.3 Å². The Morgan fingerprint density at radius 3 is 2.67 bits per heavy atom. The van der Waals surface area contributed by atoms with Gasteiger partial charge in [0.05, 0.1) is 10.6 Å². The van der Waals surface area contributed by atoms with Crippen LogP contribution in [0.1, 0.15) is 5.56 Å². The van der Waals surface area contributed by atoms with Gasteiger partial charge in [-0.05, 0) is 25.1 Å². The first-order valence-corrected chi connectivity index (χ1v) is 10.4. The number of nitrogens with one attached hydrogen (secondary N) is 2. The standard InChI is InChI=1S/C17H17N5O3S2/c1-11-5-7-12(8-6-11)16-20-17(22-21-16)26-10-15(23)19-13-3-2-4-14(9-13)27(18,24)25/h2-9H,10H2,1H3,(H,19,23)(H2,18,24,25)(H,20,21,22). The summed E-state index contributed by atoms with van der Waals surface area (Å²) >= 11 is 1.17. The Balaban J connectivity index is 1.59. The topological polar surface area (TPSA) is 131 Å². The number of aryl methyl sites for hydroxylation is 1. The molecule has 0 fully saturated rings. The number of aromatic nitrogens is 3. The van der Waals surface area contributed by atoms with Crippen LogP contribution in [0.5, 0.6) is 0 Å². The molecule has 10 heteroatoms. The molecule has 8 nitrogen and oxygen atoms in total. The van der Waals surface area contributed by atoms with Crippen LogP contribution in [-0.4, -0.2) is 35.3 Å². The molecule has 2 aromatic carbocycles. The molecule has 0 aliphatic rings. The maximum atomic E-state index is 12.1. The van der Waals surface area contributed by atoms with Gasteiger partial charge in [0.15, 0.2) is 5.82 Å². The van der Waals surface area contributed by atoms with Crippen molar-refractivity contribution in [3.05, 3.63) is 54.1 Å². The Morgan fingerprint density at radius 2 is 1.96 bits per heavy atom. The van der Waals surface area contributed by atoms with Crippen LogP contribution in [0.15, 0.2) is 58.6 Å². The summed E-state index contributed by atoms with van der Waals surface area (Å²) in [5.74, 6) is 0.386. The lowest BCUT2D eigenvalue weighted by Crippen LogP contribution is -2.16. The summed E-state index contributed by atoms with van der Waals surface area (Å²) < 4.78 is 22.7. The van der Waals surface area contributed by atoms with E-state index >= 15 is 0 Å². The molecule has 0 aliphatic carbocycles. The highest BCUT2D eigenvalue weighted by molar-refractivity contribution is 7.99. The molecule has 0 atom stereocenters. The summed E-state index contributed by atoms with van der Waals surface area (Å²) in [6.07, 6.45) is 0. The zero-order valence-electron chi connectivity index (χ0n) is 14.3. The van der Waals surface area contributed by atoms with Crippen LogP contribution in [0.25, 0.3) is 11.4 Å². The van der Waals surface area contributed by atoms with E-state index in [0.29, 0.717) is 16.7 Å². The molecule has 0 saturated carbocycles. The largest absolute Gasteiger partial charge is 0.325 e. The van der Waals surface area contributed by atoms with Crippen molar-refractivity contribution in [2.75, 3.05) is 11.1 Å². The van der Waals surface area contributed by atoms with Gasteiger partial charge in [0.1, 0.15) is 0 Å². The lowest BCUT2D eigenvalue weighted by Gasteiger charge is -2.05. The molecule has 0 radical (unpaired) electrons. The van der Waals surface area contributed by atoms with Gasteiger partial charge >= 0.3 is 0 Å². The van der Waals surface area contributed by atoms with Crippen LogP contribution in [0.4, 0.5) is 5.69 Å². The van der Waals surface area contributed by atoms with E-state index in [-0.39, 0.29) is 16.6 Å². The minimum Gasteiger partial charge on any atom is -0.325 e. The predicted molar refractivity (Wildman–Crippen MR) is 104 cm³/mol.